The summed E-state index contributed by atoms with van der Waals surface area (Å²) in [5.74, 6) is 1.76. The predicted octanol–water partition coefficient (Wildman–Crippen LogP) is 1.59. The lowest BCUT2D eigenvalue weighted by Crippen LogP contribution is -2.25. The first-order valence-electron chi connectivity index (χ1n) is 5.70. The van der Waals surface area contributed by atoms with Gasteiger partial charge in [0.15, 0.2) is 0 Å². The lowest BCUT2D eigenvalue weighted by molar-refractivity contribution is -0.143. The van der Waals surface area contributed by atoms with Gasteiger partial charge in [-0.05, 0) is 19.1 Å². The van der Waals surface area contributed by atoms with E-state index in [0.717, 1.165) is 11.5 Å². The number of hydrogen-bond acceptors (Lipinski definition) is 4. The molecule has 0 unspecified atom stereocenters. The third kappa shape index (κ3) is 9.83. The molecule has 0 fully saturated rings. The van der Waals surface area contributed by atoms with Crippen LogP contribution in [0.25, 0.3) is 0 Å². The van der Waals surface area contributed by atoms with Gasteiger partial charge in [-0.2, -0.15) is 11.8 Å². The predicted molar refractivity (Wildman–Crippen MR) is 66.5 cm³/mol. The Balaban J connectivity index is 3.30. The van der Waals surface area contributed by atoms with E-state index in [1.807, 2.05) is 0 Å². The number of carbonyl (C=O) groups excluding carboxylic acids is 2. The van der Waals surface area contributed by atoms with Gasteiger partial charge in [0.1, 0.15) is 0 Å². The molecule has 5 heteroatoms. The van der Waals surface area contributed by atoms with Crippen molar-refractivity contribution < 1.29 is 14.3 Å². The van der Waals surface area contributed by atoms with E-state index in [1.165, 1.54) is 0 Å². The molecule has 0 aliphatic rings. The average Bonchev–Trinajstić information content (AvgIpc) is 2.25. The number of rotatable bonds is 9. The van der Waals surface area contributed by atoms with E-state index in [0.29, 0.717) is 32.4 Å². The van der Waals surface area contributed by atoms with Crippen molar-refractivity contribution in [2.45, 2.75) is 33.1 Å². The molecule has 0 spiro atoms. The van der Waals surface area contributed by atoms with Gasteiger partial charge in [0.2, 0.25) is 5.91 Å². The summed E-state index contributed by atoms with van der Waals surface area (Å²) in [6.45, 7) is 4.82. The molecule has 0 aliphatic heterocycles. The van der Waals surface area contributed by atoms with Gasteiger partial charge in [0.25, 0.3) is 0 Å². The number of amides is 1. The first-order valence-corrected chi connectivity index (χ1v) is 6.86. The third-order valence-electron chi connectivity index (χ3n) is 1.86. The van der Waals surface area contributed by atoms with E-state index < -0.39 is 0 Å². The van der Waals surface area contributed by atoms with Crippen molar-refractivity contribution in [3.05, 3.63) is 0 Å². The van der Waals surface area contributed by atoms with Gasteiger partial charge in [-0.25, -0.2) is 0 Å². The fraction of sp³-hybridized carbons (Fsp3) is 0.818. The molecule has 0 aromatic carbocycles. The van der Waals surface area contributed by atoms with E-state index in [9.17, 15) is 9.59 Å². The van der Waals surface area contributed by atoms with Gasteiger partial charge in [-0.1, -0.05) is 6.92 Å². The van der Waals surface area contributed by atoms with Crippen molar-refractivity contribution in [2.24, 2.45) is 0 Å². The topological polar surface area (TPSA) is 55.4 Å². The van der Waals surface area contributed by atoms with Gasteiger partial charge >= 0.3 is 5.97 Å². The normalized spacial score (nSPS) is 9.88. The van der Waals surface area contributed by atoms with Crippen LogP contribution in [-0.4, -0.2) is 36.5 Å². The molecule has 0 atom stereocenters. The number of thioether (sulfide) groups is 1. The van der Waals surface area contributed by atoms with Gasteiger partial charge < -0.3 is 10.1 Å². The molecule has 0 heterocycles. The number of carbonyl (C=O) groups is 2. The lowest BCUT2D eigenvalue weighted by atomic mass is 10.3. The first kappa shape index (κ1) is 15.3. The highest BCUT2D eigenvalue weighted by Crippen LogP contribution is 2.00. The Morgan fingerprint density at radius 2 is 2.00 bits per heavy atom. The van der Waals surface area contributed by atoms with Crippen LogP contribution in [0.15, 0.2) is 0 Å². The summed E-state index contributed by atoms with van der Waals surface area (Å²) < 4.78 is 4.77. The summed E-state index contributed by atoms with van der Waals surface area (Å²) in [4.78, 5) is 22.2. The van der Waals surface area contributed by atoms with Gasteiger partial charge in [-0.15, -0.1) is 0 Å². The van der Waals surface area contributed by atoms with E-state index in [1.54, 1.807) is 18.7 Å². The van der Waals surface area contributed by atoms with Crippen LogP contribution in [0.1, 0.15) is 33.1 Å². The van der Waals surface area contributed by atoms with Gasteiger partial charge in [0, 0.05) is 25.1 Å². The van der Waals surface area contributed by atoms with E-state index in [2.05, 4.69) is 12.2 Å². The van der Waals surface area contributed by atoms with Crippen LogP contribution < -0.4 is 5.32 Å². The second-order valence-corrected chi connectivity index (χ2v) is 4.60. The van der Waals surface area contributed by atoms with Crippen molar-refractivity contribution in [3.63, 3.8) is 0 Å². The summed E-state index contributed by atoms with van der Waals surface area (Å²) in [5, 5.41) is 2.78. The average molecular weight is 247 g/mol. The number of hydrogen-bond donors (Lipinski definition) is 1. The second kappa shape index (κ2) is 10.8. The summed E-state index contributed by atoms with van der Waals surface area (Å²) >= 11 is 1.75. The van der Waals surface area contributed by atoms with Gasteiger partial charge in [0.05, 0.1) is 6.61 Å². The maximum atomic E-state index is 11.2. The van der Waals surface area contributed by atoms with Crippen molar-refractivity contribution in [2.75, 3.05) is 24.7 Å². The van der Waals surface area contributed by atoms with Crippen molar-refractivity contribution in [3.8, 4) is 0 Å². The molecule has 4 nitrogen and oxygen atoms in total. The van der Waals surface area contributed by atoms with Crippen molar-refractivity contribution in [1.82, 2.24) is 5.32 Å². The van der Waals surface area contributed by atoms with Crippen LogP contribution in [0.2, 0.25) is 0 Å². The molecule has 0 aromatic rings. The van der Waals surface area contributed by atoms with E-state index in [-0.39, 0.29) is 11.9 Å². The Kier molecular flexibility index (Phi) is 10.3. The largest absolute Gasteiger partial charge is 0.466 e. The second-order valence-electron chi connectivity index (χ2n) is 3.21. The molecule has 0 aliphatic carbocycles. The SMILES string of the molecule is CCOC(=O)CCCNC(=O)CCSCC. The van der Waals surface area contributed by atoms with E-state index in [4.69, 9.17) is 4.74 Å². The molecule has 0 saturated carbocycles. The zero-order valence-corrected chi connectivity index (χ0v) is 10.9. The van der Waals surface area contributed by atoms with Crippen LogP contribution in [0, 0.1) is 0 Å². The minimum absolute atomic E-state index is 0.0600. The molecule has 94 valence electrons. The fourth-order valence-corrected chi connectivity index (χ4v) is 1.71. The molecule has 1 N–H and O–H groups in total. The smallest absolute Gasteiger partial charge is 0.305 e. The monoisotopic (exact) mass is 247 g/mol. The Bertz CT molecular complexity index is 209. The summed E-state index contributed by atoms with van der Waals surface area (Å²) in [6, 6.07) is 0. The molecule has 0 radical (unpaired) electrons. The molecule has 0 saturated heterocycles. The maximum absolute atomic E-state index is 11.2. The molecule has 0 rings (SSSR count). The van der Waals surface area contributed by atoms with E-state index >= 15 is 0 Å². The number of ether oxygens (including phenoxy) is 1. The minimum atomic E-state index is -0.196. The zero-order chi connectivity index (χ0) is 12.2. The Morgan fingerprint density at radius 3 is 2.62 bits per heavy atom. The van der Waals surface area contributed by atoms with Crippen molar-refractivity contribution >= 4 is 23.6 Å². The minimum Gasteiger partial charge on any atom is -0.466 e. The third-order valence-corrected chi connectivity index (χ3v) is 2.76. The van der Waals surface area contributed by atoms with Gasteiger partial charge in [-0.3, -0.25) is 9.59 Å². The zero-order valence-electron chi connectivity index (χ0n) is 10.1. The summed E-state index contributed by atoms with van der Waals surface area (Å²) in [7, 11) is 0. The highest BCUT2D eigenvalue weighted by molar-refractivity contribution is 7.99. The Labute approximate surface area is 101 Å². The van der Waals surface area contributed by atoms with Crippen molar-refractivity contribution in [1.29, 1.82) is 0 Å². The molecular formula is C11H21NO3S. The molecule has 1 amide bonds. The van der Waals surface area contributed by atoms with Crippen LogP contribution in [0.5, 0.6) is 0 Å². The molecule has 0 bridgehead atoms. The van der Waals surface area contributed by atoms with Crippen LogP contribution in [0.4, 0.5) is 0 Å². The number of esters is 1. The first-order chi connectivity index (χ1) is 7.70. The molecule has 0 aromatic heterocycles. The number of nitrogens with one attached hydrogen (secondary N) is 1. The summed E-state index contributed by atoms with van der Waals surface area (Å²) in [6.07, 6.45) is 1.57. The Hall–Kier alpha value is -0.710. The van der Waals surface area contributed by atoms with Crippen LogP contribution >= 0.6 is 11.8 Å². The molecule has 16 heavy (non-hydrogen) atoms. The highest BCUT2D eigenvalue weighted by atomic mass is 32.2. The summed E-state index contributed by atoms with van der Waals surface area (Å²) in [5.41, 5.74) is 0. The Morgan fingerprint density at radius 1 is 1.25 bits per heavy atom. The lowest BCUT2D eigenvalue weighted by Gasteiger charge is -2.04. The maximum Gasteiger partial charge on any atom is 0.305 e. The van der Waals surface area contributed by atoms with Crippen LogP contribution in [0.3, 0.4) is 0 Å². The quantitative estimate of drug-likeness (QED) is 0.496. The standard InChI is InChI=1S/C11H21NO3S/c1-3-15-11(14)6-5-8-12-10(13)7-9-16-4-2/h3-9H2,1-2H3,(H,12,13). The highest BCUT2D eigenvalue weighted by Gasteiger charge is 2.03. The van der Waals surface area contributed by atoms with Crippen LogP contribution in [-0.2, 0) is 14.3 Å². The molecular weight excluding hydrogens is 226 g/mol. The fourth-order valence-electron chi connectivity index (χ4n) is 1.09.